The number of hydrogen-bond donors (Lipinski definition) is 1. The molecule has 28 heavy (non-hydrogen) atoms. The molecule has 0 fully saturated rings. The van der Waals surface area contributed by atoms with Crippen LogP contribution in [0.15, 0.2) is 6.07 Å². The van der Waals surface area contributed by atoms with Crippen LogP contribution in [0.1, 0.15) is 57.8 Å². The highest BCUT2D eigenvalue weighted by molar-refractivity contribution is 7.17. The topological polar surface area (TPSA) is 93.5 Å². The first-order chi connectivity index (χ1) is 13.3. The Hall–Kier alpha value is -2.68. The highest BCUT2D eigenvalue weighted by Gasteiger charge is 2.30. The van der Waals surface area contributed by atoms with E-state index in [1.165, 1.54) is 18.3 Å². The fraction of sp³-hybridized carbons (Fsp3) is 0.474. The fourth-order valence-corrected chi connectivity index (χ4v) is 4.53. The second-order valence-electron chi connectivity index (χ2n) is 6.56. The van der Waals surface area contributed by atoms with Crippen LogP contribution in [-0.4, -0.2) is 45.6 Å². The smallest absolute Gasteiger partial charge is 0.341 e. The van der Waals surface area contributed by atoms with Crippen molar-refractivity contribution in [2.75, 3.05) is 18.5 Å². The molecule has 3 rings (SSSR count). The molecule has 3 heterocycles. The number of anilines is 1. The number of carbonyl (C=O) groups excluding carboxylic acids is 3. The number of carbonyl (C=O) groups is 3. The van der Waals surface area contributed by atoms with Gasteiger partial charge in [-0.1, -0.05) is 0 Å². The first-order valence-corrected chi connectivity index (χ1v) is 10.1. The monoisotopic (exact) mass is 404 g/mol. The van der Waals surface area contributed by atoms with Crippen molar-refractivity contribution >= 4 is 34.1 Å². The van der Waals surface area contributed by atoms with Gasteiger partial charge in [-0.15, -0.1) is 11.3 Å². The van der Waals surface area contributed by atoms with Gasteiger partial charge in [0.25, 0.3) is 5.91 Å². The van der Waals surface area contributed by atoms with Crippen molar-refractivity contribution in [3.05, 3.63) is 33.5 Å². The highest BCUT2D eigenvalue weighted by atomic mass is 32.1. The average molecular weight is 404 g/mol. The predicted molar refractivity (Wildman–Crippen MR) is 106 cm³/mol. The zero-order valence-electron chi connectivity index (χ0n) is 16.5. The first-order valence-electron chi connectivity index (χ1n) is 9.28. The summed E-state index contributed by atoms with van der Waals surface area (Å²) in [6.45, 7) is 9.00. The molecule has 0 aromatic carbocycles. The third kappa shape index (κ3) is 3.80. The van der Waals surface area contributed by atoms with E-state index in [-0.39, 0.29) is 18.4 Å². The van der Waals surface area contributed by atoms with Crippen molar-refractivity contribution in [3.8, 4) is 0 Å². The maximum Gasteiger partial charge on any atom is 0.341 e. The third-order valence-electron chi connectivity index (χ3n) is 4.72. The number of fused-ring (bicyclic) bond motifs is 1. The van der Waals surface area contributed by atoms with Gasteiger partial charge in [0, 0.05) is 30.6 Å². The second kappa shape index (κ2) is 8.14. The second-order valence-corrected chi connectivity index (χ2v) is 7.66. The molecule has 150 valence electrons. The minimum Gasteiger partial charge on any atom is -0.462 e. The van der Waals surface area contributed by atoms with Crippen LogP contribution in [0.3, 0.4) is 0 Å². The van der Waals surface area contributed by atoms with E-state index in [0.29, 0.717) is 42.3 Å². The van der Waals surface area contributed by atoms with Crippen LogP contribution in [0.25, 0.3) is 0 Å². The quantitative estimate of drug-likeness (QED) is 0.773. The number of rotatable bonds is 5. The molecule has 2 amide bonds. The number of hydrogen-bond acceptors (Lipinski definition) is 6. The molecule has 0 bridgehead atoms. The Labute approximate surface area is 167 Å². The summed E-state index contributed by atoms with van der Waals surface area (Å²) in [6.07, 6.45) is 0.555. The summed E-state index contributed by atoms with van der Waals surface area (Å²) in [5, 5.41) is 7.57. The van der Waals surface area contributed by atoms with E-state index in [9.17, 15) is 14.4 Å². The van der Waals surface area contributed by atoms with Crippen LogP contribution < -0.4 is 5.32 Å². The lowest BCUT2D eigenvalue weighted by Crippen LogP contribution is -2.34. The molecule has 0 atom stereocenters. The molecular formula is C19H24N4O4S. The Morgan fingerprint density at radius 3 is 2.68 bits per heavy atom. The first kappa shape index (κ1) is 20.1. The lowest BCUT2D eigenvalue weighted by molar-refractivity contribution is -0.129. The van der Waals surface area contributed by atoms with E-state index in [1.54, 1.807) is 22.6 Å². The van der Waals surface area contributed by atoms with E-state index in [4.69, 9.17) is 4.74 Å². The summed E-state index contributed by atoms with van der Waals surface area (Å²) in [6, 6.07) is 1.72. The number of esters is 1. The Kier molecular flexibility index (Phi) is 5.83. The zero-order chi connectivity index (χ0) is 20.4. The number of amides is 2. The SMILES string of the molecule is CCOC(=O)c1c(NC(=O)c2cc(C)n(CC)n2)sc2c1CCN(C(C)=O)C2. The van der Waals surface area contributed by atoms with Gasteiger partial charge in [0.2, 0.25) is 5.91 Å². The molecule has 0 spiro atoms. The maximum absolute atomic E-state index is 12.7. The van der Waals surface area contributed by atoms with Crippen LogP contribution in [0.2, 0.25) is 0 Å². The summed E-state index contributed by atoms with van der Waals surface area (Å²) in [4.78, 5) is 39.6. The number of thiophene rings is 1. The highest BCUT2D eigenvalue weighted by Crippen LogP contribution is 2.38. The van der Waals surface area contributed by atoms with Gasteiger partial charge in [0.05, 0.1) is 18.7 Å². The molecule has 2 aromatic rings. The van der Waals surface area contributed by atoms with Crippen LogP contribution in [0.4, 0.5) is 5.00 Å². The molecule has 2 aromatic heterocycles. The molecule has 0 saturated carbocycles. The Balaban J connectivity index is 1.94. The summed E-state index contributed by atoms with van der Waals surface area (Å²) in [5.41, 5.74) is 2.43. The lowest BCUT2D eigenvalue weighted by atomic mass is 10.0. The minimum absolute atomic E-state index is 0.0112. The molecule has 0 unspecified atom stereocenters. The van der Waals surface area contributed by atoms with Gasteiger partial charge in [-0.25, -0.2) is 4.79 Å². The molecule has 1 aliphatic heterocycles. The van der Waals surface area contributed by atoms with Crippen LogP contribution in [0, 0.1) is 6.92 Å². The third-order valence-corrected chi connectivity index (χ3v) is 5.85. The van der Waals surface area contributed by atoms with Gasteiger partial charge in [0.15, 0.2) is 5.69 Å². The van der Waals surface area contributed by atoms with Crippen molar-refractivity contribution < 1.29 is 19.1 Å². The number of aryl methyl sites for hydroxylation is 2. The van der Waals surface area contributed by atoms with E-state index < -0.39 is 5.97 Å². The zero-order valence-corrected chi connectivity index (χ0v) is 17.3. The van der Waals surface area contributed by atoms with Crippen molar-refractivity contribution in [1.29, 1.82) is 0 Å². The van der Waals surface area contributed by atoms with E-state index in [1.807, 2.05) is 13.8 Å². The maximum atomic E-state index is 12.7. The lowest BCUT2D eigenvalue weighted by Gasteiger charge is -2.25. The number of nitrogens with zero attached hydrogens (tertiary/aromatic N) is 3. The molecule has 1 aliphatic rings. The van der Waals surface area contributed by atoms with E-state index in [2.05, 4.69) is 10.4 Å². The van der Waals surface area contributed by atoms with Gasteiger partial charge < -0.3 is 15.0 Å². The average Bonchev–Trinajstić information content (AvgIpc) is 3.20. The van der Waals surface area contributed by atoms with Gasteiger partial charge in [-0.2, -0.15) is 5.10 Å². The predicted octanol–water partition coefficient (Wildman–Crippen LogP) is 2.61. The summed E-state index contributed by atoms with van der Waals surface area (Å²) in [7, 11) is 0. The van der Waals surface area contributed by atoms with Crippen LogP contribution in [-0.2, 0) is 29.0 Å². The Morgan fingerprint density at radius 2 is 2.07 bits per heavy atom. The Morgan fingerprint density at radius 1 is 1.32 bits per heavy atom. The van der Waals surface area contributed by atoms with Crippen LogP contribution >= 0.6 is 11.3 Å². The van der Waals surface area contributed by atoms with Crippen molar-refractivity contribution in [2.24, 2.45) is 0 Å². The number of aromatic nitrogens is 2. The minimum atomic E-state index is -0.457. The number of ether oxygens (including phenoxy) is 1. The van der Waals surface area contributed by atoms with Crippen molar-refractivity contribution in [2.45, 2.75) is 47.2 Å². The molecule has 8 nitrogen and oxygen atoms in total. The molecule has 0 radical (unpaired) electrons. The summed E-state index contributed by atoms with van der Waals surface area (Å²) in [5.74, 6) is -0.840. The van der Waals surface area contributed by atoms with E-state index in [0.717, 1.165) is 16.1 Å². The van der Waals surface area contributed by atoms with Crippen LogP contribution in [0.5, 0.6) is 0 Å². The standard InChI is InChI=1S/C19H24N4O4S/c1-5-23-11(3)9-14(21-23)17(25)20-18-16(19(26)27-6-2)13-7-8-22(12(4)24)10-15(13)28-18/h9H,5-8,10H2,1-4H3,(H,20,25). The molecule has 9 heteroatoms. The molecule has 1 N–H and O–H groups in total. The largest absolute Gasteiger partial charge is 0.462 e. The van der Waals surface area contributed by atoms with Gasteiger partial charge in [0.1, 0.15) is 5.00 Å². The normalized spacial score (nSPS) is 13.2. The fourth-order valence-electron chi connectivity index (χ4n) is 3.29. The molecular weight excluding hydrogens is 380 g/mol. The number of nitrogens with one attached hydrogen (secondary N) is 1. The van der Waals surface area contributed by atoms with E-state index >= 15 is 0 Å². The van der Waals surface area contributed by atoms with Gasteiger partial charge in [-0.05, 0) is 38.8 Å². The molecule has 0 aliphatic carbocycles. The van der Waals surface area contributed by atoms with Gasteiger partial charge >= 0.3 is 5.97 Å². The van der Waals surface area contributed by atoms with Crippen molar-refractivity contribution in [3.63, 3.8) is 0 Å². The summed E-state index contributed by atoms with van der Waals surface area (Å²) >= 11 is 1.32. The molecule has 0 saturated heterocycles. The Bertz CT molecular complexity index is 931. The van der Waals surface area contributed by atoms with Crippen molar-refractivity contribution in [1.82, 2.24) is 14.7 Å². The van der Waals surface area contributed by atoms with Gasteiger partial charge in [-0.3, -0.25) is 14.3 Å². The summed E-state index contributed by atoms with van der Waals surface area (Å²) < 4.78 is 6.95.